The van der Waals surface area contributed by atoms with Gasteiger partial charge in [0.05, 0.1) is 7.11 Å². The zero-order chi connectivity index (χ0) is 12.0. The van der Waals surface area contributed by atoms with Crippen LogP contribution in [0.2, 0.25) is 0 Å². The van der Waals surface area contributed by atoms with Gasteiger partial charge in [-0.15, -0.1) is 0 Å². The molecular formula is C11H18N2O3. The predicted molar refractivity (Wildman–Crippen MR) is 59.6 cm³/mol. The highest BCUT2D eigenvalue weighted by molar-refractivity contribution is 5.81. The number of esters is 1. The maximum atomic E-state index is 11.2. The molecule has 0 atom stereocenters. The lowest BCUT2D eigenvalue weighted by molar-refractivity contribution is -0.135. The maximum Gasteiger partial charge on any atom is 0.331 e. The van der Waals surface area contributed by atoms with Gasteiger partial charge in [-0.1, -0.05) is 0 Å². The van der Waals surface area contributed by atoms with Gasteiger partial charge in [0.15, 0.2) is 0 Å². The van der Waals surface area contributed by atoms with Crippen LogP contribution in [0.3, 0.4) is 0 Å². The van der Waals surface area contributed by atoms with E-state index in [1.165, 1.54) is 13.2 Å². The smallest absolute Gasteiger partial charge is 0.331 e. The van der Waals surface area contributed by atoms with Crippen LogP contribution in [0.4, 0.5) is 0 Å². The van der Waals surface area contributed by atoms with Crippen molar-refractivity contribution in [2.75, 3.05) is 33.3 Å². The van der Waals surface area contributed by atoms with Gasteiger partial charge >= 0.3 is 5.97 Å². The van der Waals surface area contributed by atoms with E-state index in [0.29, 0.717) is 6.54 Å². The Morgan fingerprint density at radius 1 is 1.19 bits per heavy atom. The largest absolute Gasteiger partial charge is 0.466 e. The lowest BCUT2D eigenvalue weighted by atomic mass is 10.4. The molecule has 1 aliphatic rings. The quantitative estimate of drug-likeness (QED) is 0.499. The molecule has 0 spiro atoms. The topological polar surface area (TPSA) is 49.9 Å². The van der Waals surface area contributed by atoms with Crippen LogP contribution in [-0.4, -0.2) is 55.0 Å². The molecule has 0 saturated carbocycles. The van der Waals surface area contributed by atoms with Crippen molar-refractivity contribution in [3.8, 4) is 0 Å². The van der Waals surface area contributed by atoms with Crippen LogP contribution in [0.15, 0.2) is 12.3 Å². The summed E-state index contributed by atoms with van der Waals surface area (Å²) in [5.74, 6) is -0.244. The molecule has 0 aromatic carbocycles. The fourth-order valence-corrected chi connectivity index (χ4v) is 1.64. The molecule has 1 saturated heterocycles. The Morgan fingerprint density at radius 3 is 2.56 bits per heavy atom. The second kappa shape index (κ2) is 6.15. The van der Waals surface area contributed by atoms with Gasteiger partial charge in [0.2, 0.25) is 5.91 Å². The van der Waals surface area contributed by atoms with Gasteiger partial charge in [-0.3, -0.25) is 4.79 Å². The number of carbonyl (C=O) groups excluding carboxylic acids is 2. The average Bonchev–Trinajstić information content (AvgIpc) is 2.51. The lowest BCUT2D eigenvalue weighted by Gasteiger charge is -2.19. The summed E-state index contributed by atoms with van der Waals surface area (Å²) >= 11 is 0. The van der Waals surface area contributed by atoms with E-state index in [4.69, 9.17) is 0 Å². The van der Waals surface area contributed by atoms with Crippen molar-refractivity contribution >= 4 is 11.9 Å². The van der Waals surface area contributed by atoms with Gasteiger partial charge in [-0.25, -0.2) is 4.79 Å². The third kappa shape index (κ3) is 3.92. The number of hydrogen-bond acceptors (Lipinski definition) is 4. The number of ether oxygens (including phenoxy) is 1. The normalized spacial score (nSPS) is 17.4. The van der Waals surface area contributed by atoms with E-state index >= 15 is 0 Å². The summed E-state index contributed by atoms with van der Waals surface area (Å²) in [6, 6.07) is 0. The molecule has 5 nitrogen and oxygen atoms in total. The van der Waals surface area contributed by atoms with Crippen molar-refractivity contribution in [3.63, 3.8) is 0 Å². The van der Waals surface area contributed by atoms with Gasteiger partial charge < -0.3 is 14.5 Å². The Balaban J connectivity index is 2.44. The average molecular weight is 226 g/mol. The second-order valence-corrected chi connectivity index (χ2v) is 3.73. The van der Waals surface area contributed by atoms with Crippen LogP contribution >= 0.6 is 0 Å². The van der Waals surface area contributed by atoms with Gasteiger partial charge in [-0.2, -0.15) is 0 Å². The molecule has 1 aliphatic heterocycles. The molecule has 16 heavy (non-hydrogen) atoms. The first-order valence-corrected chi connectivity index (χ1v) is 5.39. The van der Waals surface area contributed by atoms with Crippen molar-refractivity contribution in [1.82, 2.24) is 9.80 Å². The summed E-state index contributed by atoms with van der Waals surface area (Å²) < 4.78 is 4.51. The minimum absolute atomic E-state index is 0.110. The van der Waals surface area contributed by atoms with Crippen LogP contribution in [0.25, 0.3) is 0 Å². The minimum atomic E-state index is -0.354. The Labute approximate surface area is 95.6 Å². The summed E-state index contributed by atoms with van der Waals surface area (Å²) in [6.07, 6.45) is 4.06. The summed E-state index contributed by atoms with van der Waals surface area (Å²) in [7, 11) is 1.35. The van der Waals surface area contributed by atoms with Crippen LogP contribution < -0.4 is 0 Å². The van der Waals surface area contributed by atoms with Crippen molar-refractivity contribution < 1.29 is 14.3 Å². The van der Waals surface area contributed by atoms with Crippen molar-refractivity contribution in [2.24, 2.45) is 0 Å². The number of carbonyl (C=O) groups is 2. The molecule has 0 radical (unpaired) electrons. The van der Waals surface area contributed by atoms with Crippen LogP contribution in [-0.2, 0) is 14.3 Å². The van der Waals surface area contributed by atoms with Gasteiger partial charge in [0.1, 0.15) is 0 Å². The standard InChI is InChI=1S/C11H18N2O3/c1-10(14)13-6-3-5-12(8-9-13)7-4-11(15)16-2/h4,7H,3,5-6,8-9H2,1-2H3. The third-order valence-corrected chi connectivity index (χ3v) is 2.60. The Bertz CT molecular complexity index is 289. The molecule has 1 amide bonds. The van der Waals surface area contributed by atoms with E-state index in [1.807, 2.05) is 9.80 Å². The monoisotopic (exact) mass is 226 g/mol. The fourth-order valence-electron chi connectivity index (χ4n) is 1.64. The number of rotatable bonds is 2. The van der Waals surface area contributed by atoms with Gasteiger partial charge in [0, 0.05) is 45.4 Å². The Kier molecular flexibility index (Phi) is 4.82. The first-order valence-electron chi connectivity index (χ1n) is 5.39. The highest BCUT2D eigenvalue weighted by atomic mass is 16.5. The molecule has 0 aromatic heterocycles. The van der Waals surface area contributed by atoms with Crippen molar-refractivity contribution in [1.29, 1.82) is 0 Å². The zero-order valence-electron chi connectivity index (χ0n) is 9.81. The minimum Gasteiger partial charge on any atom is -0.466 e. The fraction of sp³-hybridized carbons (Fsp3) is 0.636. The molecule has 0 unspecified atom stereocenters. The molecule has 1 rings (SSSR count). The van der Waals surface area contributed by atoms with Crippen LogP contribution in [0.1, 0.15) is 13.3 Å². The van der Waals surface area contributed by atoms with E-state index < -0.39 is 0 Å². The van der Waals surface area contributed by atoms with Crippen molar-refractivity contribution in [2.45, 2.75) is 13.3 Å². The Hall–Kier alpha value is -1.52. The van der Waals surface area contributed by atoms with Crippen LogP contribution in [0, 0.1) is 0 Å². The van der Waals surface area contributed by atoms with Crippen LogP contribution in [0.5, 0.6) is 0 Å². The summed E-state index contributed by atoms with van der Waals surface area (Å²) in [6.45, 7) is 4.70. The Morgan fingerprint density at radius 2 is 1.94 bits per heavy atom. The highest BCUT2D eigenvalue weighted by Gasteiger charge is 2.14. The number of amides is 1. The number of hydrogen-bond donors (Lipinski definition) is 0. The van der Waals surface area contributed by atoms with E-state index in [9.17, 15) is 9.59 Å². The van der Waals surface area contributed by atoms with Crippen molar-refractivity contribution in [3.05, 3.63) is 12.3 Å². The van der Waals surface area contributed by atoms with E-state index in [1.54, 1.807) is 13.1 Å². The second-order valence-electron chi connectivity index (χ2n) is 3.73. The number of methoxy groups -OCH3 is 1. The molecule has 0 aliphatic carbocycles. The third-order valence-electron chi connectivity index (χ3n) is 2.60. The highest BCUT2D eigenvalue weighted by Crippen LogP contribution is 2.03. The molecule has 90 valence electrons. The molecule has 0 N–H and O–H groups in total. The summed E-state index contributed by atoms with van der Waals surface area (Å²) in [4.78, 5) is 26.0. The first-order chi connectivity index (χ1) is 7.63. The van der Waals surface area contributed by atoms with Gasteiger partial charge in [-0.05, 0) is 6.42 Å². The van der Waals surface area contributed by atoms with E-state index in [2.05, 4.69) is 4.74 Å². The maximum absolute atomic E-state index is 11.2. The molecule has 1 fully saturated rings. The van der Waals surface area contributed by atoms with E-state index in [-0.39, 0.29) is 11.9 Å². The molecular weight excluding hydrogens is 208 g/mol. The molecule has 0 bridgehead atoms. The zero-order valence-corrected chi connectivity index (χ0v) is 9.81. The number of nitrogens with zero attached hydrogens (tertiary/aromatic N) is 2. The summed E-state index contributed by atoms with van der Waals surface area (Å²) in [5, 5.41) is 0. The first kappa shape index (κ1) is 12.5. The lowest BCUT2D eigenvalue weighted by Crippen LogP contribution is -2.32. The molecule has 0 aromatic rings. The summed E-state index contributed by atoms with van der Waals surface area (Å²) in [5.41, 5.74) is 0. The molecule has 5 heteroatoms. The predicted octanol–water partition coefficient (Wildman–Crippen LogP) is 0.227. The SMILES string of the molecule is COC(=O)C=CN1CCCN(C(C)=O)CC1. The van der Waals surface area contributed by atoms with Gasteiger partial charge in [0.25, 0.3) is 0 Å². The molecule has 1 heterocycles. The van der Waals surface area contributed by atoms with E-state index in [0.717, 1.165) is 26.1 Å².